The molecular weight excluding hydrogens is 356 g/mol. The Morgan fingerprint density at radius 3 is 2.45 bits per heavy atom. The second kappa shape index (κ2) is 8.36. The van der Waals surface area contributed by atoms with Crippen LogP contribution in [0.5, 0.6) is 0 Å². The van der Waals surface area contributed by atoms with Gasteiger partial charge < -0.3 is 9.88 Å². The Morgan fingerprint density at radius 2 is 1.69 bits per heavy atom. The van der Waals surface area contributed by atoms with Gasteiger partial charge in [0, 0.05) is 39.6 Å². The molecule has 1 N–H and O–H groups in total. The molecule has 4 aromatic rings. The van der Waals surface area contributed by atoms with Crippen LogP contribution in [0.2, 0.25) is 0 Å². The SMILES string of the molecule is CCC/C=C/c1ccc(C(=O)Nc2ccc3c(c2)c2ccccc2n3CC)cc1. The molecule has 4 rings (SSSR count). The third-order valence-corrected chi connectivity index (χ3v) is 5.28. The van der Waals surface area contributed by atoms with Crippen molar-refractivity contribution in [1.82, 2.24) is 4.57 Å². The highest BCUT2D eigenvalue weighted by Gasteiger charge is 2.11. The number of benzene rings is 3. The second-order valence-corrected chi connectivity index (χ2v) is 7.26. The van der Waals surface area contributed by atoms with Crippen LogP contribution in [0, 0.1) is 0 Å². The lowest BCUT2D eigenvalue weighted by atomic mass is 10.1. The third-order valence-electron chi connectivity index (χ3n) is 5.28. The predicted molar refractivity (Wildman–Crippen MR) is 123 cm³/mol. The van der Waals surface area contributed by atoms with E-state index in [9.17, 15) is 4.79 Å². The molecule has 1 aromatic heterocycles. The lowest BCUT2D eigenvalue weighted by molar-refractivity contribution is 0.102. The summed E-state index contributed by atoms with van der Waals surface area (Å²) in [6, 6.07) is 22.3. The van der Waals surface area contributed by atoms with E-state index in [1.807, 2.05) is 30.3 Å². The number of allylic oxidation sites excluding steroid dienone is 1. The van der Waals surface area contributed by atoms with Crippen molar-refractivity contribution in [3.8, 4) is 0 Å². The molecule has 0 fully saturated rings. The summed E-state index contributed by atoms with van der Waals surface area (Å²) in [6.45, 7) is 5.23. The van der Waals surface area contributed by atoms with Crippen molar-refractivity contribution in [2.45, 2.75) is 33.2 Å². The Bertz CT molecular complexity index is 1180. The van der Waals surface area contributed by atoms with Gasteiger partial charge in [-0.1, -0.05) is 55.8 Å². The van der Waals surface area contributed by atoms with Gasteiger partial charge in [0.15, 0.2) is 0 Å². The Kier molecular flexibility index (Phi) is 5.48. The Hall–Kier alpha value is -3.33. The zero-order valence-corrected chi connectivity index (χ0v) is 17.0. The van der Waals surface area contributed by atoms with E-state index in [-0.39, 0.29) is 5.91 Å². The molecule has 1 heterocycles. The highest BCUT2D eigenvalue weighted by Crippen LogP contribution is 2.31. The summed E-state index contributed by atoms with van der Waals surface area (Å²) in [5.74, 6) is -0.0901. The molecule has 1 amide bonds. The zero-order valence-electron chi connectivity index (χ0n) is 17.0. The summed E-state index contributed by atoms with van der Waals surface area (Å²) in [7, 11) is 0. The molecule has 3 nitrogen and oxygen atoms in total. The van der Waals surface area contributed by atoms with Crippen molar-refractivity contribution in [2.24, 2.45) is 0 Å². The van der Waals surface area contributed by atoms with E-state index in [1.54, 1.807) is 0 Å². The summed E-state index contributed by atoms with van der Waals surface area (Å²) in [5.41, 5.74) is 5.00. The number of unbranched alkanes of at least 4 members (excludes halogenated alkanes) is 1. The van der Waals surface area contributed by atoms with E-state index in [0.717, 1.165) is 36.0 Å². The van der Waals surface area contributed by atoms with Gasteiger partial charge in [0.2, 0.25) is 0 Å². The smallest absolute Gasteiger partial charge is 0.255 e. The van der Waals surface area contributed by atoms with Crippen LogP contribution in [0.1, 0.15) is 42.6 Å². The van der Waals surface area contributed by atoms with Crippen LogP contribution in [0.4, 0.5) is 5.69 Å². The number of aryl methyl sites for hydroxylation is 1. The van der Waals surface area contributed by atoms with E-state index >= 15 is 0 Å². The zero-order chi connectivity index (χ0) is 20.2. The van der Waals surface area contributed by atoms with Crippen molar-refractivity contribution in [2.75, 3.05) is 5.32 Å². The highest BCUT2D eigenvalue weighted by molar-refractivity contribution is 6.11. The van der Waals surface area contributed by atoms with Crippen molar-refractivity contribution < 1.29 is 4.79 Å². The molecule has 0 aliphatic rings. The minimum atomic E-state index is -0.0901. The van der Waals surface area contributed by atoms with E-state index in [0.29, 0.717) is 5.56 Å². The monoisotopic (exact) mass is 382 g/mol. The molecule has 0 aliphatic heterocycles. The fourth-order valence-electron chi connectivity index (χ4n) is 3.81. The molecule has 0 atom stereocenters. The van der Waals surface area contributed by atoms with Crippen molar-refractivity contribution >= 4 is 39.5 Å². The number of aromatic nitrogens is 1. The van der Waals surface area contributed by atoms with Gasteiger partial charge in [0.05, 0.1) is 0 Å². The molecule has 0 aliphatic carbocycles. The minimum Gasteiger partial charge on any atom is -0.341 e. The number of carbonyl (C=O) groups is 1. The largest absolute Gasteiger partial charge is 0.341 e. The number of hydrogen-bond donors (Lipinski definition) is 1. The lowest BCUT2D eigenvalue weighted by Gasteiger charge is -2.07. The Morgan fingerprint density at radius 1 is 0.931 bits per heavy atom. The molecule has 146 valence electrons. The van der Waals surface area contributed by atoms with Gasteiger partial charge >= 0.3 is 0 Å². The van der Waals surface area contributed by atoms with Crippen LogP contribution in [0.15, 0.2) is 72.8 Å². The second-order valence-electron chi connectivity index (χ2n) is 7.26. The van der Waals surface area contributed by atoms with Crippen LogP contribution in [-0.4, -0.2) is 10.5 Å². The normalized spacial score (nSPS) is 11.5. The number of hydrogen-bond acceptors (Lipinski definition) is 1. The van der Waals surface area contributed by atoms with Crippen molar-refractivity contribution in [1.29, 1.82) is 0 Å². The molecule has 3 aromatic carbocycles. The van der Waals surface area contributed by atoms with Crippen LogP contribution >= 0.6 is 0 Å². The molecule has 0 radical (unpaired) electrons. The maximum Gasteiger partial charge on any atom is 0.255 e. The maximum absolute atomic E-state index is 12.7. The predicted octanol–water partition coefficient (Wildman–Crippen LogP) is 6.88. The maximum atomic E-state index is 12.7. The summed E-state index contributed by atoms with van der Waals surface area (Å²) in [6.07, 6.45) is 6.47. The van der Waals surface area contributed by atoms with Gasteiger partial charge in [-0.15, -0.1) is 0 Å². The first-order valence-electron chi connectivity index (χ1n) is 10.3. The molecule has 0 spiro atoms. The van der Waals surface area contributed by atoms with Gasteiger partial charge in [0.1, 0.15) is 0 Å². The molecule has 3 heteroatoms. The summed E-state index contributed by atoms with van der Waals surface area (Å²) in [4.78, 5) is 12.7. The Balaban J connectivity index is 1.59. The first-order valence-corrected chi connectivity index (χ1v) is 10.3. The van der Waals surface area contributed by atoms with E-state index in [1.165, 1.54) is 16.4 Å². The molecule has 0 unspecified atom stereocenters. The summed E-state index contributed by atoms with van der Waals surface area (Å²) < 4.78 is 2.31. The third kappa shape index (κ3) is 3.81. The average molecular weight is 383 g/mol. The number of amides is 1. The van der Waals surface area contributed by atoms with Crippen molar-refractivity contribution in [3.05, 3.63) is 83.9 Å². The van der Waals surface area contributed by atoms with Gasteiger partial charge in [-0.3, -0.25) is 4.79 Å². The number of rotatable bonds is 6. The number of nitrogens with one attached hydrogen (secondary N) is 1. The van der Waals surface area contributed by atoms with Crippen molar-refractivity contribution in [3.63, 3.8) is 0 Å². The van der Waals surface area contributed by atoms with Crippen LogP contribution in [-0.2, 0) is 6.54 Å². The topological polar surface area (TPSA) is 34.0 Å². The molecule has 0 bridgehead atoms. The quantitative estimate of drug-likeness (QED) is 0.387. The van der Waals surface area contributed by atoms with E-state index < -0.39 is 0 Å². The number of fused-ring (bicyclic) bond motifs is 3. The summed E-state index contributed by atoms with van der Waals surface area (Å²) >= 11 is 0. The van der Waals surface area contributed by atoms with Gasteiger partial charge in [-0.2, -0.15) is 0 Å². The number of para-hydroxylation sites is 1. The fraction of sp³-hybridized carbons (Fsp3) is 0.192. The molecule has 29 heavy (non-hydrogen) atoms. The van der Waals surface area contributed by atoms with Gasteiger partial charge in [-0.05, 0) is 55.3 Å². The average Bonchev–Trinajstić information content (AvgIpc) is 3.07. The first-order chi connectivity index (χ1) is 14.2. The van der Waals surface area contributed by atoms with Crippen LogP contribution in [0.3, 0.4) is 0 Å². The molecular formula is C26H26N2O. The standard InChI is InChI=1S/C26H26N2O/c1-3-5-6-9-19-12-14-20(15-13-19)26(29)27-21-16-17-25-23(18-21)22-10-7-8-11-24(22)28(25)4-2/h6-18H,3-5H2,1-2H3,(H,27,29)/b9-6+. The van der Waals surface area contributed by atoms with E-state index in [4.69, 9.17) is 0 Å². The number of nitrogens with zero attached hydrogens (tertiary/aromatic N) is 1. The molecule has 0 saturated carbocycles. The van der Waals surface area contributed by atoms with Crippen LogP contribution in [0.25, 0.3) is 27.9 Å². The van der Waals surface area contributed by atoms with E-state index in [2.05, 4.69) is 72.3 Å². The summed E-state index contributed by atoms with van der Waals surface area (Å²) in [5, 5.41) is 5.42. The number of anilines is 1. The van der Waals surface area contributed by atoms with Crippen LogP contribution < -0.4 is 5.32 Å². The molecule has 0 saturated heterocycles. The Labute approximate surface area is 171 Å². The van der Waals surface area contributed by atoms with Gasteiger partial charge in [0.25, 0.3) is 5.91 Å². The fourth-order valence-corrected chi connectivity index (χ4v) is 3.81. The lowest BCUT2D eigenvalue weighted by Crippen LogP contribution is -2.11. The van der Waals surface area contributed by atoms with Gasteiger partial charge in [-0.25, -0.2) is 0 Å². The first kappa shape index (κ1) is 19.0. The number of carbonyl (C=O) groups excluding carboxylic acids is 1. The highest BCUT2D eigenvalue weighted by atomic mass is 16.1. The minimum absolute atomic E-state index is 0.0901.